The molecule has 2 heterocycles. The van der Waals surface area contributed by atoms with Crippen LogP contribution in [0, 0.1) is 5.92 Å². The Morgan fingerprint density at radius 1 is 1.26 bits per heavy atom. The quantitative estimate of drug-likeness (QED) is 0.779. The first kappa shape index (κ1) is 18.3. The number of carbonyl (C=O) groups excluding carboxylic acids is 1. The van der Waals surface area contributed by atoms with E-state index in [1.807, 2.05) is 13.8 Å². The molecule has 2 aliphatic rings. The van der Waals surface area contributed by atoms with Crippen molar-refractivity contribution < 1.29 is 13.2 Å². The summed E-state index contributed by atoms with van der Waals surface area (Å²) in [6.45, 7) is 11.5. The summed E-state index contributed by atoms with van der Waals surface area (Å²) in [5.41, 5.74) is 1.16. The van der Waals surface area contributed by atoms with Crippen molar-refractivity contribution in [1.82, 2.24) is 15.1 Å². The predicted molar refractivity (Wildman–Crippen MR) is 92.2 cm³/mol. The third-order valence-corrected chi connectivity index (χ3v) is 6.32. The lowest BCUT2D eigenvalue weighted by Gasteiger charge is -2.33. The minimum absolute atomic E-state index is 0.00864. The van der Waals surface area contributed by atoms with Crippen LogP contribution in [0.25, 0.3) is 0 Å². The largest absolute Gasteiger partial charge is 0.335 e. The lowest BCUT2D eigenvalue weighted by atomic mass is 10.0. The van der Waals surface area contributed by atoms with Gasteiger partial charge in [-0.25, -0.2) is 13.2 Å². The Labute approximate surface area is 139 Å². The summed E-state index contributed by atoms with van der Waals surface area (Å²) >= 11 is 0. The summed E-state index contributed by atoms with van der Waals surface area (Å²) in [4.78, 5) is 16.4. The van der Waals surface area contributed by atoms with Gasteiger partial charge in [-0.15, -0.1) is 0 Å². The van der Waals surface area contributed by atoms with E-state index in [-0.39, 0.29) is 29.5 Å². The Bertz CT molecular complexity index is 539. The molecule has 2 rings (SSSR count). The van der Waals surface area contributed by atoms with E-state index in [0.717, 1.165) is 38.0 Å². The Kier molecular flexibility index (Phi) is 6.08. The fourth-order valence-corrected chi connectivity index (χ4v) is 4.99. The van der Waals surface area contributed by atoms with Crippen molar-refractivity contribution in [3.05, 3.63) is 12.2 Å². The molecule has 0 bridgehead atoms. The lowest BCUT2D eigenvalue weighted by molar-refractivity contribution is 0.175. The third-order valence-electron chi connectivity index (χ3n) is 4.44. The molecule has 2 fully saturated rings. The molecule has 0 saturated carbocycles. The van der Waals surface area contributed by atoms with Gasteiger partial charge < -0.3 is 10.2 Å². The van der Waals surface area contributed by atoms with Crippen LogP contribution in [0.4, 0.5) is 4.79 Å². The highest BCUT2D eigenvalue weighted by Crippen LogP contribution is 2.14. The van der Waals surface area contributed by atoms with Gasteiger partial charge in [0.1, 0.15) is 0 Å². The number of nitrogens with one attached hydrogen (secondary N) is 1. The highest BCUT2D eigenvalue weighted by Gasteiger charge is 2.28. The van der Waals surface area contributed by atoms with E-state index in [1.54, 1.807) is 4.90 Å². The summed E-state index contributed by atoms with van der Waals surface area (Å²) in [6, 6.07) is 0.0614. The first-order valence-electron chi connectivity index (χ1n) is 8.38. The summed E-state index contributed by atoms with van der Waals surface area (Å²) in [6.07, 6.45) is 1.86. The van der Waals surface area contributed by atoms with Gasteiger partial charge in [0.05, 0.1) is 11.5 Å². The molecule has 0 spiro atoms. The van der Waals surface area contributed by atoms with Crippen LogP contribution in [0.2, 0.25) is 0 Å². The van der Waals surface area contributed by atoms with E-state index >= 15 is 0 Å². The van der Waals surface area contributed by atoms with E-state index in [4.69, 9.17) is 0 Å². The van der Waals surface area contributed by atoms with Gasteiger partial charge in [-0.05, 0) is 25.7 Å². The van der Waals surface area contributed by atoms with E-state index < -0.39 is 9.84 Å². The van der Waals surface area contributed by atoms with Gasteiger partial charge in [0, 0.05) is 38.8 Å². The molecule has 2 aliphatic heterocycles. The zero-order valence-corrected chi connectivity index (χ0v) is 15.1. The normalized spacial score (nSPS) is 26.5. The smallest absolute Gasteiger partial charge is 0.317 e. The zero-order chi connectivity index (χ0) is 17.0. The van der Waals surface area contributed by atoms with Gasteiger partial charge in [0.2, 0.25) is 0 Å². The molecule has 132 valence electrons. The minimum Gasteiger partial charge on any atom is -0.335 e. The number of nitrogens with zero attached hydrogens (tertiary/aromatic N) is 2. The first-order chi connectivity index (χ1) is 10.7. The molecular weight excluding hydrogens is 314 g/mol. The highest BCUT2D eigenvalue weighted by molar-refractivity contribution is 7.91. The number of sulfone groups is 1. The number of piperidine rings is 1. The molecule has 1 atom stereocenters. The van der Waals surface area contributed by atoms with E-state index in [0.29, 0.717) is 13.1 Å². The number of carbonyl (C=O) groups is 1. The molecule has 0 aromatic heterocycles. The second kappa shape index (κ2) is 7.66. The van der Waals surface area contributed by atoms with Crippen LogP contribution < -0.4 is 5.32 Å². The van der Waals surface area contributed by atoms with Gasteiger partial charge in [0.15, 0.2) is 9.84 Å². The van der Waals surface area contributed by atoms with Crippen molar-refractivity contribution in [3.63, 3.8) is 0 Å². The van der Waals surface area contributed by atoms with Crippen LogP contribution in [0.1, 0.15) is 26.7 Å². The Balaban J connectivity index is 1.82. The average Bonchev–Trinajstić information content (AvgIpc) is 2.57. The molecule has 0 aromatic rings. The van der Waals surface area contributed by atoms with Crippen molar-refractivity contribution in [2.45, 2.75) is 32.7 Å². The number of urea groups is 1. The minimum atomic E-state index is -3.02. The Hall–Kier alpha value is -1.08. The number of likely N-dealkylation sites (tertiary alicyclic amines) is 1. The lowest BCUT2D eigenvalue weighted by Crippen LogP contribution is -2.50. The molecule has 2 saturated heterocycles. The molecule has 7 heteroatoms. The maximum absolute atomic E-state index is 12.4. The fourth-order valence-electron chi connectivity index (χ4n) is 3.35. The van der Waals surface area contributed by atoms with Gasteiger partial charge in [-0.3, -0.25) is 4.90 Å². The third kappa shape index (κ3) is 5.80. The van der Waals surface area contributed by atoms with Gasteiger partial charge in [0.25, 0.3) is 0 Å². The topological polar surface area (TPSA) is 69.7 Å². The molecule has 6 nitrogen and oxygen atoms in total. The van der Waals surface area contributed by atoms with Gasteiger partial charge >= 0.3 is 6.03 Å². The Morgan fingerprint density at radius 3 is 2.52 bits per heavy atom. The molecule has 0 unspecified atom stereocenters. The maximum Gasteiger partial charge on any atom is 0.317 e. The van der Waals surface area contributed by atoms with E-state index in [2.05, 4.69) is 16.8 Å². The summed E-state index contributed by atoms with van der Waals surface area (Å²) in [5, 5.41) is 3.08. The summed E-state index contributed by atoms with van der Waals surface area (Å²) in [5.74, 6) is 0.239. The number of amides is 2. The number of hydrogen-bond acceptors (Lipinski definition) is 4. The summed E-state index contributed by atoms with van der Waals surface area (Å²) in [7, 11) is -3.02. The van der Waals surface area contributed by atoms with Crippen LogP contribution in [0.5, 0.6) is 0 Å². The predicted octanol–water partition coefficient (Wildman–Crippen LogP) is 1.10. The Morgan fingerprint density at radius 2 is 1.91 bits per heavy atom. The van der Waals surface area contributed by atoms with Gasteiger partial charge in [-0.2, -0.15) is 0 Å². The van der Waals surface area contributed by atoms with Crippen molar-refractivity contribution >= 4 is 15.9 Å². The van der Waals surface area contributed by atoms with Crippen LogP contribution in [-0.4, -0.2) is 74.5 Å². The van der Waals surface area contributed by atoms with Crippen molar-refractivity contribution in [3.8, 4) is 0 Å². The molecule has 0 aliphatic carbocycles. The van der Waals surface area contributed by atoms with Crippen molar-refractivity contribution in [2.75, 3.05) is 44.2 Å². The van der Waals surface area contributed by atoms with Gasteiger partial charge in [-0.1, -0.05) is 19.1 Å². The van der Waals surface area contributed by atoms with Crippen LogP contribution in [0.3, 0.4) is 0 Å². The van der Waals surface area contributed by atoms with E-state index in [9.17, 15) is 13.2 Å². The highest BCUT2D eigenvalue weighted by atomic mass is 32.2. The fraction of sp³-hybridized carbons (Fsp3) is 0.812. The molecule has 23 heavy (non-hydrogen) atoms. The SMILES string of the molecule is C=C(C)CN1CCC(NC(=O)N2CCS(=O)(=O)C[C@@H](C)C2)CC1. The maximum atomic E-state index is 12.4. The molecular formula is C16H29N3O3S. The molecule has 0 radical (unpaired) electrons. The number of rotatable bonds is 3. The zero-order valence-electron chi connectivity index (χ0n) is 14.3. The molecule has 1 N–H and O–H groups in total. The van der Waals surface area contributed by atoms with Crippen LogP contribution in [0.15, 0.2) is 12.2 Å². The van der Waals surface area contributed by atoms with Crippen LogP contribution in [-0.2, 0) is 9.84 Å². The van der Waals surface area contributed by atoms with Crippen molar-refractivity contribution in [2.24, 2.45) is 5.92 Å². The van der Waals surface area contributed by atoms with Crippen molar-refractivity contribution in [1.29, 1.82) is 0 Å². The van der Waals surface area contributed by atoms with Crippen LogP contribution >= 0.6 is 0 Å². The molecule has 2 amide bonds. The monoisotopic (exact) mass is 343 g/mol. The first-order valence-corrected chi connectivity index (χ1v) is 10.2. The summed E-state index contributed by atoms with van der Waals surface area (Å²) < 4.78 is 23.6. The number of hydrogen-bond donors (Lipinski definition) is 1. The second-order valence-corrected chi connectivity index (χ2v) is 9.35. The average molecular weight is 343 g/mol. The van der Waals surface area contributed by atoms with E-state index in [1.165, 1.54) is 0 Å². The standard InChI is InChI=1S/C16H29N3O3S/c1-13(2)10-18-6-4-15(5-7-18)17-16(20)19-8-9-23(21,22)12-14(3)11-19/h14-15H,1,4-12H2,2-3H3,(H,17,20)/t14-/m0/s1. The molecule has 0 aromatic carbocycles. The second-order valence-electron chi connectivity index (χ2n) is 7.12.